The number of hydrogen-bond donors (Lipinski definition) is 1. The minimum Gasteiger partial charge on any atom is -0.484 e. The number of esters is 2. The Morgan fingerprint density at radius 2 is 1.55 bits per heavy atom. The summed E-state index contributed by atoms with van der Waals surface area (Å²) >= 11 is 0. The van der Waals surface area contributed by atoms with E-state index < -0.39 is 17.9 Å². The standard InChI is InChI=1S/C24H31N3O6/c1-15-20(23(29)31-4)22(21(16(2)25-15)24(30)32-5)17-7-6-8-18(13-17)33-14-19(28)27-11-9-26(3)10-12-27/h6-8,13,22,25H,9-12,14H2,1-5H3. The van der Waals surface area contributed by atoms with E-state index >= 15 is 0 Å². The van der Waals surface area contributed by atoms with Gasteiger partial charge in [0.25, 0.3) is 5.91 Å². The van der Waals surface area contributed by atoms with Crippen LogP contribution < -0.4 is 10.1 Å². The maximum atomic E-state index is 12.6. The van der Waals surface area contributed by atoms with E-state index in [0.29, 0.717) is 46.9 Å². The molecule has 178 valence electrons. The monoisotopic (exact) mass is 457 g/mol. The number of ether oxygens (including phenoxy) is 3. The van der Waals surface area contributed by atoms with Crippen LogP contribution in [0.1, 0.15) is 25.3 Å². The van der Waals surface area contributed by atoms with Crippen LogP contribution in [0.25, 0.3) is 0 Å². The van der Waals surface area contributed by atoms with Crippen molar-refractivity contribution in [1.82, 2.24) is 15.1 Å². The highest BCUT2D eigenvalue weighted by molar-refractivity contribution is 5.99. The summed E-state index contributed by atoms with van der Waals surface area (Å²) in [6, 6.07) is 7.05. The number of methoxy groups -OCH3 is 2. The summed E-state index contributed by atoms with van der Waals surface area (Å²) in [6.07, 6.45) is 0. The number of carbonyl (C=O) groups excluding carboxylic acids is 3. The Labute approximate surface area is 194 Å². The number of dihydropyridines is 1. The van der Waals surface area contributed by atoms with E-state index in [-0.39, 0.29) is 12.5 Å². The number of amides is 1. The van der Waals surface area contributed by atoms with Gasteiger partial charge in [-0.2, -0.15) is 0 Å². The molecule has 0 aromatic heterocycles. The highest BCUT2D eigenvalue weighted by Crippen LogP contribution is 2.40. The number of rotatable bonds is 6. The van der Waals surface area contributed by atoms with Gasteiger partial charge in [-0.25, -0.2) is 9.59 Å². The normalized spacial score (nSPS) is 17.5. The molecule has 1 N–H and O–H groups in total. The second kappa shape index (κ2) is 10.5. The Morgan fingerprint density at radius 3 is 2.09 bits per heavy atom. The Kier molecular flexibility index (Phi) is 7.75. The summed E-state index contributed by atoms with van der Waals surface area (Å²) < 4.78 is 15.8. The zero-order chi connectivity index (χ0) is 24.1. The van der Waals surface area contributed by atoms with Crippen LogP contribution in [0.15, 0.2) is 46.8 Å². The van der Waals surface area contributed by atoms with E-state index in [4.69, 9.17) is 14.2 Å². The fraction of sp³-hybridized carbons (Fsp3) is 0.458. The molecule has 0 radical (unpaired) electrons. The molecule has 2 aliphatic heterocycles. The predicted octanol–water partition coefficient (Wildman–Crippen LogP) is 1.42. The number of nitrogens with zero attached hydrogens (tertiary/aromatic N) is 2. The van der Waals surface area contributed by atoms with Gasteiger partial charge in [-0.3, -0.25) is 4.79 Å². The lowest BCUT2D eigenvalue weighted by molar-refractivity contribution is -0.137. The molecule has 0 aliphatic carbocycles. The number of allylic oxidation sites excluding steroid dienone is 2. The summed E-state index contributed by atoms with van der Waals surface area (Å²) in [7, 11) is 4.63. The Morgan fingerprint density at radius 1 is 0.970 bits per heavy atom. The van der Waals surface area contributed by atoms with Crippen molar-refractivity contribution in [3.05, 3.63) is 52.4 Å². The van der Waals surface area contributed by atoms with Crippen LogP contribution in [0.5, 0.6) is 5.75 Å². The Balaban J connectivity index is 1.87. The molecule has 0 atom stereocenters. The van der Waals surface area contributed by atoms with Crippen molar-refractivity contribution in [3.63, 3.8) is 0 Å². The number of benzene rings is 1. The van der Waals surface area contributed by atoms with Crippen molar-refractivity contribution < 1.29 is 28.6 Å². The number of hydrogen-bond acceptors (Lipinski definition) is 8. The third-order valence-corrected chi connectivity index (χ3v) is 5.98. The summed E-state index contributed by atoms with van der Waals surface area (Å²) in [5.74, 6) is -1.40. The van der Waals surface area contributed by atoms with Crippen molar-refractivity contribution in [2.45, 2.75) is 19.8 Å². The van der Waals surface area contributed by atoms with E-state index in [2.05, 4.69) is 10.2 Å². The molecule has 9 nitrogen and oxygen atoms in total. The lowest BCUT2D eigenvalue weighted by Gasteiger charge is -2.32. The van der Waals surface area contributed by atoms with Gasteiger partial charge in [-0.15, -0.1) is 0 Å². The molecule has 0 spiro atoms. The van der Waals surface area contributed by atoms with Crippen molar-refractivity contribution in [3.8, 4) is 5.75 Å². The highest BCUT2D eigenvalue weighted by Gasteiger charge is 2.37. The second-order valence-corrected chi connectivity index (χ2v) is 8.16. The average Bonchev–Trinajstić information content (AvgIpc) is 2.81. The van der Waals surface area contributed by atoms with Crippen LogP contribution in [0.2, 0.25) is 0 Å². The van der Waals surface area contributed by atoms with Crippen LogP contribution in [0.3, 0.4) is 0 Å². The Bertz CT molecular complexity index is 954. The van der Waals surface area contributed by atoms with Gasteiger partial charge < -0.3 is 29.3 Å². The average molecular weight is 458 g/mol. The molecule has 2 heterocycles. The fourth-order valence-electron chi connectivity index (χ4n) is 4.16. The molecule has 0 bridgehead atoms. The van der Waals surface area contributed by atoms with Gasteiger partial charge >= 0.3 is 11.9 Å². The third-order valence-electron chi connectivity index (χ3n) is 5.98. The fourth-order valence-corrected chi connectivity index (χ4v) is 4.16. The van der Waals surface area contributed by atoms with E-state index in [0.717, 1.165) is 13.1 Å². The molecule has 1 amide bonds. The number of likely N-dealkylation sites (N-methyl/N-ethyl adjacent to an activating group) is 1. The van der Waals surface area contributed by atoms with Crippen molar-refractivity contribution in [2.24, 2.45) is 0 Å². The maximum Gasteiger partial charge on any atom is 0.336 e. The molecule has 1 aromatic rings. The lowest BCUT2D eigenvalue weighted by atomic mass is 9.80. The molecule has 2 aliphatic rings. The van der Waals surface area contributed by atoms with Crippen molar-refractivity contribution in [2.75, 3.05) is 54.1 Å². The largest absolute Gasteiger partial charge is 0.484 e. The first kappa shape index (κ1) is 24.3. The van der Waals surface area contributed by atoms with Crippen LogP contribution in [-0.4, -0.2) is 81.7 Å². The molecule has 1 saturated heterocycles. The highest BCUT2D eigenvalue weighted by atomic mass is 16.5. The first-order valence-corrected chi connectivity index (χ1v) is 10.8. The number of piperazine rings is 1. The molecule has 1 fully saturated rings. The molecular formula is C24H31N3O6. The second-order valence-electron chi connectivity index (χ2n) is 8.16. The Hall–Kier alpha value is -3.33. The summed E-state index contributed by atoms with van der Waals surface area (Å²) in [5.41, 5.74) is 2.46. The molecule has 0 unspecified atom stereocenters. The summed E-state index contributed by atoms with van der Waals surface area (Å²) in [4.78, 5) is 41.8. The van der Waals surface area contributed by atoms with Crippen LogP contribution >= 0.6 is 0 Å². The molecule has 0 saturated carbocycles. The smallest absolute Gasteiger partial charge is 0.336 e. The molecule has 3 rings (SSSR count). The van der Waals surface area contributed by atoms with Crippen molar-refractivity contribution in [1.29, 1.82) is 0 Å². The topological polar surface area (TPSA) is 97.4 Å². The van der Waals surface area contributed by atoms with Crippen LogP contribution in [0.4, 0.5) is 0 Å². The minimum atomic E-state index is -0.706. The van der Waals surface area contributed by atoms with Gasteiger partial charge in [-0.1, -0.05) is 12.1 Å². The SMILES string of the molecule is COC(=O)C1=C(C)NC(C)=C(C(=O)OC)C1c1cccc(OCC(=O)N2CCN(C)CC2)c1. The predicted molar refractivity (Wildman–Crippen MR) is 121 cm³/mol. The van der Waals surface area contributed by atoms with E-state index in [1.54, 1.807) is 43.0 Å². The van der Waals surface area contributed by atoms with Gasteiger partial charge in [0.15, 0.2) is 6.61 Å². The van der Waals surface area contributed by atoms with E-state index in [9.17, 15) is 14.4 Å². The van der Waals surface area contributed by atoms with Gasteiger partial charge in [0, 0.05) is 37.6 Å². The lowest BCUT2D eigenvalue weighted by Crippen LogP contribution is -2.48. The molecule has 33 heavy (non-hydrogen) atoms. The minimum absolute atomic E-state index is 0.0765. The van der Waals surface area contributed by atoms with E-state index in [1.165, 1.54) is 14.2 Å². The maximum absolute atomic E-state index is 12.6. The first-order valence-electron chi connectivity index (χ1n) is 10.8. The number of nitrogens with one attached hydrogen (secondary N) is 1. The van der Waals surface area contributed by atoms with Gasteiger partial charge in [0.2, 0.25) is 0 Å². The quantitative estimate of drug-likeness (QED) is 0.641. The zero-order valence-corrected chi connectivity index (χ0v) is 19.8. The summed E-state index contributed by atoms with van der Waals surface area (Å²) in [6.45, 7) is 6.44. The summed E-state index contributed by atoms with van der Waals surface area (Å²) in [5, 5.41) is 3.08. The van der Waals surface area contributed by atoms with Crippen molar-refractivity contribution >= 4 is 17.8 Å². The zero-order valence-electron chi connectivity index (χ0n) is 19.8. The third kappa shape index (κ3) is 5.36. The van der Waals surface area contributed by atoms with Crippen LogP contribution in [0, 0.1) is 0 Å². The first-order chi connectivity index (χ1) is 15.8. The molecular weight excluding hydrogens is 426 g/mol. The van der Waals surface area contributed by atoms with Gasteiger partial charge in [0.05, 0.1) is 31.3 Å². The van der Waals surface area contributed by atoms with Gasteiger partial charge in [-0.05, 0) is 38.6 Å². The van der Waals surface area contributed by atoms with Crippen LogP contribution in [-0.2, 0) is 23.9 Å². The molecule has 1 aromatic carbocycles. The molecule has 9 heteroatoms. The van der Waals surface area contributed by atoms with Gasteiger partial charge in [0.1, 0.15) is 5.75 Å². The van der Waals surface area contributed by atoms with E-state index in [1.807, 2.05) is 7.05 Å². The number of carbonyl (C=O) groups is 3.